The van der Waals surface area contributed by atoms with E-state index in [9.17, 15) is 19.2 Å². The maximum atomic E-state index is 12.3. The second-order valence-electron chi connectivity index (χ2n) is 4.00. The summed E-state index contributed by atoms with van der Waals surface area (Å²) < 4.78 is 4.70. The van der Waals surface area contributed by atoms with Crippen LogP contribution in [0.3, 0.4) is 0 Å². The Morgan fingerprint density at radius 1 is 1.19 bits per heavy atom. The van der Waals surface area contributed by atoms with Gasteiger partial charge in [0, 0.05) is 17.6 Å². The number of carbonyl (C=O) groups excluding carboxylic acids is 4. The number of Topliss-reactive ketones (excluding diaryl/α,β-unsaturated/α-hetero) is 2. The number of nitrogens with one attached hydrogen (secondary N) is 1. The number of carbonyl (C=O) groups is 4. The van der Waals surface area contributed by atoms with E-state index < -0.39 is 29.4 Å². The van der Waals surface area contributed by atoms with Crippen molar-refractivity contribution in [3.8, 4) is 0 Å². The van der Waals surface area contributed by atoms with Crippen LogP contribution in [-0.4, -0.2) is 37.1 Å². The highest BCUT2D eigenvalue weighted by Crippen LogP contribution is 2.16. The van der Waals surface area contributed by atoms with Crippen molar-refractivity contribution < 1.29 is 23.9 Å². The van der Waals surface area contributed by atoms with Crippen LogP contribution in [0.2, 0.25) is 5.02 Å². The third kappa shape index (κ3) is 4.13. The number of esters is 1. The van der Waals surface area contributed by atoms with Crippen molar-refractivity contribution in [3.63, 3.8) is 0 Å². The molecule has 1 amide bonds. The van der Waals surface area contributed by atoms with Crippen LogP contribution in [0.25, 0.3) is 0 Å². The molecule has 1 aromatic carbocycles. The number of ketones is 2. The molecule has 1 rings (SSSR count). The number of halogens is 1. The summed E-state index contributed by atoms with van der Waals surface area (Å²) in [6.07, 6.45) is 0. The summed E-state index contributed by atoms with van der Waals surface area (Å²) >= 11 is 5.71. The van der Waals surface area contributed by atoms with Crippen molar-refractivity contribution in [2.45, 2.75) is 6.92 Å². The maximum Gasteiger partial charge on any atom is 0.325 e. The van der Waals surface area contributed by atoms with Gasteiger partial charge >= 0.3 is 5.97 Å². The van der Waals surface area contributed by atoms with Crippen molar-refractivity contribution in [2.75, 3.05) is 13.7 Å². The van der Waals surface area contributed by atoms with Gasteiger partial charge in [0.2, 0.25) is 5.78 Å². The Kier molecular flexibility index (Phi) is 6.05. The summed E-state index contributed by atoms with van der Waals surface area (Å²) in [7, 11) is 1.23. The van der Waals surface area contributed by atoms with Gasteiger partial charge in [-0.2, -0.15) is 0 Å². The van der Waals surface area contributed by atoms with Gasteiger partial charge in [0.15, 0.2) is 11.7 Å². The first-order chi connectivity index (χ1) is 9.92. The number of amides is 1. The number of hydrogen-bond donors (Lipinski definition) is 1. The molecule has 0 radical (unpaired) electrons. The molecule has 1 N–H and O–H groups in total. The van der Waals surface area contributed by atoms with Gasteiger partial charge in [0.05, 0.1) is 6.61 Å². The normalized spacial score (nSPS) is 11.4. The number of likely N-dealkylation sites (N-methyl/N-ethyl adjacent to an activating group) is 1. The fourth-order valence-corrected chi connectivity index (χ4v) is 1.72. The van der Waals surface area contributed by atoms with Gasteiger partial charge in [0.25, 0.3) is 5.91 Å². The fourth-order valence-electron chi connectivity index (χ4n) is 1.59. The molecule has 0 aromatic heterocycles. The van der Waals surface area contributed by atoms with E-state index in [1.807, 2.05) is 0 Å². The predicted molar refractivity (Wildman–Crippen MR) is 75.0 cm³/mol. The van der Waals surface area contributed by atoms with Crippen LogP contribution in [0, 0.1) is 5.92 Å². The Hall–Kier alpha value is -2.21. The third-order valence-corrected chi connectivity index (χ3v) is 2.88. The topological polar surface area (TPSA) is 89.5 Å². The summed E-state index contributed by atoms with van der Waals surface area (Å²) in [6, 6.07) is 5.63. The van der Waals surface area contributed by atoms with Crippen molar-refractivity contribution in [3.05, 3.63) is 34.9 Å². The highest BCUT2D eigenvalue weighted by molar-refractivity contribution is 6.46. The Morgan fingerprint density at radius 2 is 1.76 bits per heavy atom. The van der Waals surface area contributed by atoms with Gasteiger partial charge in [-0.3, -0.25) is 19.2 Å². The number of ether oxygens (including phenoxy) is 1. The highest BCUT2D eigenvalue weighted by atomic mass is 35.5. The molecule has 112 valence electrons. The zero-order valence-corrected chi connectivity index (χ0v) is 12.3. The van der Waals surface area contributed by atoms with Crippen LogP contribution in [0.15, 0.2) is 24.3 Å². The Balaban J connectivity index is 3.14. The Bertz CT molecular complexity index is 567. The molecular weight excluding hydrogens is 298 g/mol. The smallest absolute Gasteiger partial charge is 0.325 e. The van der Waals surface area contributed by atoms with Crippen LogP contribution >= 0.6 is 11.6 Å². The minimum absolute atomic E-state index is 0.00967. The molecule has 0 aliphatic rings. The van der Waals surface area contributed by atoms with Gasteiger partial charge in [0.1, 0.15) is 0 Å². The van der Waals surface area contributed by atoms with Crippen LogP contribution in [0.5, 0.6) is 0 Å². The molecule has 0 saturated heterocycles. The third-order valence-electron chi connectivity index (χ3n) is 2.63. The predicted octanol–water partition coefficient (Wildman–Crippen LogP) is 1.02. The summed E-state index contributed by atoms with van der Waals surface area (Å²) in [6.45, 7) is 1.52. The molecule has 0 saturated carbocycles. The fraction of sp³-hybridized carbons (Fsp3) is 0.286. The SMILES string of the molecule is CCOC(=O)C(C(=O)C(=O)NC)C(=O)c1ccc(Cl)cc1. The van der Waals surface area contributed by atoms with Crippen molar-refractivity contribution in [2.24, 2.45) is 5.92 Å². The van der Waals surface area contributed by atoms with E-state index in [-0.39, 0.29) is 12.2 Å². The van der Waals surface area contributed by atoms with Gasteiger partial charge in [-0.05, 0) is 31.2 Å². The first-order valence-electron chi connectivity index (χ1n) is 6.14. The molecule has 0 fully saturated rings. The summed E-state index contributed by atoms with van der Waals surface area (Å²) in [4.78, 5) is 47.4. The van der Waals surface area contributed by atoms with E-state index >= 15 is 0 Å². The van der Waals surface area contributed by atoms with E-state index in [1.54, 1.807) is 0 Å². The Morgan fingerprint density at radius 3 is 2.24 bits per heavy atom. The van der Waals surface area contributed by atoms with Crippen molar-refractivity contribution in [1.29, 1.82) is 0 Å². The molecule has 6 nitrogen and oxygen atoms in total. The minimum atomic E-state index is -1.81. The molecule has 1 unspecified atom stereocenters. The van der Waals surface area contributed by atoms with Crippen LogP contribution in [0.4, 0.5) is 0 Å². The van der Waals surface area contributed by atoms with Gasteiger partial charge in [-0.1, -0.05) is 11.6 Å². The molecule has 0 spiro atoms. The lowest BCUT2D eigenvalue weighted by Gasteiger charge is -2.12. The molecule has 21 heavy (non-hydrogen) atoms. The number of benzene rings is 1. The maximum absolute atomic E-state index is 12.3. The summed E-state index contributed by atoms with van der Waals surface area (Å²) in [5.41, 5.74) is 0.0923. The van der Waals surface area contributed by atoms with Crippen molar-refractivity contribution in [1.82, 2.24) is 5.32 Å². The van der Waals surface area contributed by atoms with E-state index in [1.165, 1.54) is 38.2 Å². The molecule has 7 heteroatoms. The van der Waals surface area contributed by atoms with Crippen molar-refractivity contribution >= 4 is 35.0 Å². The summed E-state index contributed by atoms with van der Waals surface area (Å²) in [5.74, 6) is -5.86. The molecule has 0 heterocycles. The summed E-state index contributed by atoms with van der Waals surface area (Å²) in [5, 5.41) is 2.49. The van der Waals surface area contributed by atoms with Crippen LogP contribution in [0.1, 0.15) is 17.3 Å². The first kappa shape index (κ1) is 16.8. The molecular formula is C14H14ClNO5. The number of hydrogen-bond acceptors (Lipinski definition) is 5. The standard InChI is InChI=1S/C14H14ClNO5/c1-3-21-14(20)10(12(18)13(19)16-2)11(17)8-4-6-9(15)7-5-8/h4-7,10H,3H2,1-2H3,(H,16,19). The Labute approximate surface area is 126 Å². The molecule has 0 aliphatic heterocycles. The van der Waals surface area contributed by atoms with E-state index in [4.69, 9.17) is 16.3 Å². The lowest BCUT2D eigenvalue weighted by Crippen LogP contribution is -2.41. The quantitative estimate of drug-likeness (QED) is 0.366. The van der Waals surface area contributed by atoms with Gasteiger partial charge in [-0.15, -0.1) is 0 Å². The largest absolute Gasteiger partial charge is 0.465 e. The van der Waals surface area contributed by atoms with E-state index in [0.717, 1.165) is 0 Å². The second-order valence-corrected chi connectivity index (χ2v) is 4.44. The van der Waals surface area contributed by atoms with Gasteiger partial charge < -0.3 is 10.1 Å². The zero-order valence-electron chi connectivity index (χ0n) is 11.5. The first-order valence-corrected chi connectivity index (χ1v) is 6.52. The van der Waals surface area contributed by atoms with Gasteiger partial charge in [-0.25, -0.2) is 0 Å². The average Bonchev–Trinajstić information content (AvgIpc) is 2.47. The molecule has 0 aliphatic carbocycles. The monoisotopic (exact) mass is 311 g/mol. The molecule has 1 aromatic rings. The van der Waals surface area contributed by atoms with Crippen LogP contribution in [-0.2, 0) is 19.1 Å². The number of rotatable bonds is 6. The molecule has 0 bridgehead atoms. The van der Waals surface area contributed by atoms with Crippen LogP contribution < -0.4 is 5.32 Å². The minimum Gasteiger partial charge on any atom is -0.465 e. The molecule has 1 atom stereocenters. The second kappa shape index (κ2) is 7.54. The lowest BCUT2D eigenvalue weighted by molar-refractivity contribution is -0.152. The zero-order chi connectivity index (χ0) is 16.0. The lowest BCUT2D eigenvalue weighted by atomic mass is 9.93. The highest BCUT2D eigenvalue weighted by Gasteiger charge is 2.39. The van der Waals surface area contributed by atoms with E-state index in [0.29, 0.717) is 5.02 Å². The van der Waals surface area contributed by atoms with E-state index in [2.05, 4.69) is 5.32 Å². The average molecular weight is 312 g/mol.